The summed E-state index contributed by atoms with van der Waals surface area (Å²) in [5.41, 5.74) is 0.137. The van der Waals surface area contributed by atoms with E-state index in [-0.39, 0.29) is 17.0 Å². The summed E-state index contributed by atoms with van der Waals surface area (Å²) in [6, 6.07) is 1.45. The predicted molar refractivity (Wildman–Crippen MR) is 58.1 cm³/mol. The summed E-state index contributed by atoms with van der Waals surface area (Å²) in [7, 11) is 0. The van der Waals surface area contributed by atoms with Gasteiger partial charge in [-0.3, -0.25) is 9.36 Å². The predicted octanol–water partition coefficient (Wildman–Crippen LogP) is 1.56. The molecule has 0 aliphatic carbocycles. The van der Waals surface area contributed by atoms with Crippen LogP contribution >= 0.6 is 11.3 Å². The highest BCUT2D eigenvalue weighted by Gasteiger charge is 2.14. The van der Waals surface area contributed by atoms with Crippen molar-refractivity contribution in [3.63, 3.8) is 0 Å². The lowest BCUT2D eigenvalue weighted by molar-refractivity contribution is 0.0695. The first-order valence-electron chi connectivity index (χ1n) is 4.54. The molecule has 0 spiro atoms. The van der Waals surface area contributed by atoms with Crippen molar-refractivity contribution >= 4 is 17.3 Å². The van der Waals surface area contributed by atoms with Gasteiger partial charge in [-0.25, -0.2) is 4.79 Å². The monoisotopic (exact) mass is 239 g/mol. The topological polar surface area (TPSA) is 72.4 Å². The number of aryl methyl sites for hydroxylation is 1. The van der Waals surface area contributed by atoms with Gasteiger partial charge >= 0.3 is 10.8 Å². The Hall–Kier alpha value is -1.82. The van der Waals surface area contributed by atoms with Crippen LogP contribution in [0.4, 0.5) is 0 Å². The number of aromatic nitrogens is 1. The van der Waals surface area contributed by atoms with E-state index in [1.807, 2.05) is 0 Å². The summed E-state index contributed by atoms with van der Waals surface area (Å²) in [6.45, 7) is 1.85. The van der Waals surface area contributed by atoms with Crippen molar-refractivity contribution in [1.29, 1.82) is 0 Å². The standard InChI is InChI=1S/C10H9NO4S/c1-6-8(9(12)13)4-7(15-6)5-11-2-3-16-10(11)14/h2-4H,5H2,1H3,(H,12,13). The zero-order valence-corrected chi connectivity index (χ0v) is 9.28. The van der Waals surface area contributed by atoms with Gasteiger partial charge in [0.1, 0.15) is 17.1 Å². The lowest BCUT2D eigenvalue weighted by atomic mass is 10.2. The third-order valence-electron chi connectivity index (χ3n) is 2.17. The second kappa shape index (κ2) is 3.97. The van der Waals surface area contributed by atoms with Crippen LogP contribution in [0, 0.1) is 6.92 Å². The number of carboxylic acids is 1. The average Bonchev–Trinajstić information content (AvgIpc) is 2.75. The van der Waals surface area contributed by atoms with E-state index in [9.17, 15) is 9.59 Å². The molecule has 0 fully saturated rings. The van der Waals surface area contributed by atoms with Gasteiger partial charge in [-0.05, 0) is 13.0 Å². The smallest absolute Gasteiger partial charge is 0.339 e. The quantitative estimate of drug-likeness (QED) is 0.882. The van der Waals surface area contributed by atoms with Crippen molar-refractivity contribution in [2.75, 3.05) is 0 Å². The van der Waals surface area contributed by atoms with Crippen molar-refractivity contribution in [3.8, 4) is 0 Å². The zero-order chi connectivity index (χ0) is 11.7. The normalized spacial score (nSPS) is 10.6. The molecule has 0 aliphatic rings. The number of aromatic carboxylic acids is 1. The highest BCUT2D eigenvalue weighted by Crippen LogP contribution is 2.15. The van der Waals surface area contributed by atoms with E-state index in [0.29, 0.717) is 11.5 Å². The van der Waals surface area contributed by atoms with Crippen molar-refractivity contribution in [3.05, 3.63) is 44.4 Å². The van der Waals surface area contributed by atoms with E-state index in [4.69, 9.17) is 9.52 Å². The van der Waals surface area contributed by atoms with Crippen LogP contribution in [0.5, 0.6) is 0 Å². The van der Waals surface area contributed by atoms with Crippen molar-refractivity contribution < 1.29 is 14.3 Å². The second-order valence-corrected chi connectivity index (χ2v) is 4.14. The van der Waals surface area contributed by atoms with Crippen LogP contribution in [0.15, 0.2) is 26.9 Å². The Balaban J connectivity index is 2.30. The molecule has 2 aromatic heterocycles. The van der Waals surface area contributed by atoms with Crippen LogP contribution in [-0.4, -0.2) is 15.6 Å². The molecule has 5 nitrogen and oxygen atoms in total. The molecule has 1 N–H and O–H groups in total. The summed E-state index contributed by atoms with van der Waals surface area (Å²) in [6.07, 6.45) is 1.64. The SMILES string of the molecule is Cc1oc(Cn2ccsc2=O)cc1C(=O)O. The van der Waals surface area contributed by atoms with Gasteiger partial charge in [0.15, 0.2) is 0 Å². The number of hydrogen-bond acceptors (Lipinski definition) is 4. The fraction of sp³-hybridized carbons (Fsp3) is 0.200. The molecule has 0 bridgehead atoms. The second-order valence-electron chi connectivity index (χ2n) is 3.28. The Labute approximate surface area is 94.6 Å². The third kappa shape index (κ3) is 1.92. The van der Waals surface area contributed by atoms with E-state index < -0.39 is 5.97 Å². The Kier molecular flexibility index (Phi) is 2.66. The number of carboxylic acid groups (broad SMARTS) is 1. The van der Waals surface area contributed by atoms with Crippen molar-refractivity contribution in [1.82, 2.24) is 4.57 Å². The maximum Gasteiger partial charge on any atom is 0.339 e. The van der Waals surface area contributed by atoms with E-state index in [1.165, 1.54) is 10.6 Å². The molecule has 16 heavy (non-hydrogen) atoms. The van der Waals surface area contributed by atoms with Gasteiger partial charge in [-0.2, -0.15) is 0 Å². The molecule has 0 aromatic carbocycles. The largest absolute Gasteiger partial charge is 0.478 e. The minimum Gasteiger partial charge on any atom is -0.478 e. The summed E-state index contributed by atoms with van der Waals surface area (Å²) in [5.74, 6) is -0.202. The average molecular weight is 239 g/mol. The fourth-order valence-electron chi connectivity index (χ4n) is 1.41. The highest BCUT2D eigenvalue weighted by atomic mass is 32.1. The van der Waals surface area contributed by atoms with Crippen LogP contribution in [0.2, 0.25) is 0 Å². The van der Waals surface area contributed by atoms with Gasteiger partial charge in [0.2, 0.25) is 0 Å². The third-order valence-corrected chi connectivity index (χ3v) is 2.86. The first-order valence-corrected chi connectivity index (χ1v) is 5.42. The number of nitrogens with zero attached hydrogens (tertiary/aromatic N) is 1. The molecule has 2 rings (SSSR count). The van der Waals surface area contributed by atoms with Crippen LogP contribution in [0.25, 0.3) is 0 Å². The molecular formula is C10H9NO4S. The number of thiazole rings is 1. The molecule has 6 heteroatoms. The Bertz CT molecular complexity index is 578. The van der Waals surface area contributed by atoms with Gasteiger partial charge < -0.3 is 9.52 Å². The molecule has 0 radical (unpaired) electrons. The first-order chi connectivity index (χ1) is 7.58. The summed E-state index contributed by atoms with van der Waals surface area (Å²) >= 11 is 1.09. The molecule has 84 valence electrons. The van der Waals surface area contributed by atoms with Crippen molar-refractivity contribution in [2.45, 2.75) is 13.5 Å². The van der Waals surface area contributed by atoms with Gasteiger partial charge in [-0.1, -0.05) is 11.3 Å². The van der Waals surface area contributed by atoms with Gasteiger partial charge in [0, 0.05) is 11.6 Å². The maximum atomic E-state index is 11.3. The highest BCUT2D eigenvalue weighted by molar-refractivity contribution is 7.07. The van der Waals surface area contributed by atoms with Crippen molar-refractivity contribution in [2.24, 2.45) is 0 Å². The van der Waals surface area contributed by atoms with E-state index in [1.54, 1.807) is 18.5 Å². The van der Waals surface area contributed by atoms with Crippen LogP contribution in [0.1, 0.15) is 21.9 Å². The fourth-order valence-corrected chi connectivity index (χ4v) is 1.99. The Morgan fingerprint density at radius 3 is 2.88 bits per heavy atom. The Morgan fingerprint density at radius 2 is 2.38 bits per heavy atom. The minimum absolute atomic E-state index is 0.0917. The van der Waals surface area contributed by atoms with Crippen LogP contribution in [0.3, 0.4) is 0 Å². The molecule has 0 atom stereocenters. The molecule has 0 aliphatic heterocycles. The molecule has 0 amide bonds. The number of carbonyl (C=O) groups is 1. The molecular weight excluding hydrogens is 230 g/mol. The minimum atomic E-state index is -1.02. The number of hydrogen-bond donors (Lipinski definition) is 1. The molecule has 2 aromatic rings. The van der Waals surface area contributed by atoms with E-state index >= 15 is 0 Å². The summed E-state index contributed by atoms with van der Waals surface area (Å²) in [5, 5.41) is 10.5. The first kappa shape index (κ1) is 10.7. The number of rotatable bonds is 3. The summed E-state index contributed by atoms with van der Waals surface area (Å²) < 4.78 is 6.74. The van der Waals surface area contributed by atoms with E-state index in [0.717, 1.165) is 11.3 Å². The Morgan fingerprint density at radius 1 is 1.62 bits per heavy atom. The lowest BCUT2D eigenvalue weighted by Gasteiger charge is -1.95. The van der Waals surface area contributed by atoms with Crippen LogP contribution < -0.4 is 4.87 Å². The molecule has 0 unspecified atom stereocenters. The number of furan rings is 1. The van der Waals surface area contributed by atoms with Gasteiger partial charge in [0.05, 0.1) is 6.54 Å². The molecule has 2 heterocycles. The summed E-state index contributed by atoms with van der Waals surface area (Å²) in [4.78, 5) is 22.0. The molecule has 0 saturated heterocycles. The zero-order valence-electron chi connectivity index (χ0n) is 8.47. The van der Waals surface area contributed by atoms with Crippen LogP contribution in [-0.2, 0) is 6.54 Å². The maximum absolute atomic E-state index is 11.3. The van der Waals surface area contributed by atoms with Gasteiger partial charge in [0.25, 0.3) is 0 Å². The van der Waals surface area contributed by atoms with Gasteiger partial charge in [-0.15, -0.1) is 0 Å². The molecule has 0 saturated carbocycles. The lowest BCUT2D eigenvalue weighted by Crippen LogP contribution is -2.11. The van der Waals surface area contributed by atoms with E-state index in [2.05, 4.69) is 0 Å².